The topological polar surface area (TPSA) is 75.9 Å². The molecule has 0 unspecified atom stereocenters. The molecule has 0 radical (unpaired) electrons. The van der Waals surface area contributed by atoms with Crippen LogP contribution in [0.1, 0.15) is 30.0 Å². The second-order valence-electron chi connectivity index (χ2n) is 8.25. The second kappa shape index (κ2) is 9.65. The molecule has 0 atom stereocenters. The lowest BCUT2D eigenvalue weighted by Gasteiger charge is -2.32. The molecule has 1 aliphatic heterocycles. The Morgan fingerprint density at radius 2 is 1.36 bits per heavy atom. The Morgan fingerprint density at radius 3 is 1.94 bits per heavy atom. The normalized spacial score (nSPS) is 14.4. The van der Waals surface area contributed by atoms with Crippen molar-refractivity contribution in [3.8, 4) is 5.69 Å². The van der Waals surface area contributed by atoms with Gasteiger partial charge in [-0.25, -0.2) is 0 Å². The van der Waals surface area contributed by atoms with Crippen molar-refractivity contribution in [3.05, 3.63) is 102 Å². The van der Waals surface area contributed by atoms with E-state index >= 15 is 0 Å². The molecule has 2 heterocycles. The number of hydrogen-bond acceptors (Lipinski definition) is 5. The number of carbonyl (C=O) groups is 1. The number of nitrogens with zero attached hydrogens (tertiary/aromatic N) is 5. The van der Waals surface area contributed by atoms with Gasteiger partial charge in [0.25, 0.3) is 0 Å². The summed E-state index contributed by atoms with van der Waals surface area (Å²) in [4.78, 5) is 15.4. The Bertz CT molecular complexity index is 1130. The predicted octanol–water partition coefficient (Wildman–Crippen LogP) is 3.78. The summed E-state index contributed by atoms with van der Waals surface area (Å²) in [6, 6.07) is 29.9. The molecule has 1 saturated heterocycles. The Morgan fingerprint density at radius 1 is 0.818 bits per heavy atom. The number of piperidine rings is 1. The first-order valence-corrected chi connectivity index (χ1v) is 11.3. The van der Waals surface area contributed by atoms with Gasteiger partial charge in [0.15, 0.2) is 0 Å². The van der Waals surface area contributed by atoms with Crippen LogP contribution in [0.2, 0.25) is 0 Å². The van der Waals surface area contributed by atoms with E-state index in [0.29, 0.717) is 5.95 Å². The van der Waals surface area contributed by atoms with Crippen molar-refractivity contribution >= 4 is 11.9 Å². The minimum atomic E-state index is -0.164. The number of aromatic nitrogens is 4. The van der Waals surface area contributed by atoms with E-state index in [4.69, 9.17) is 0 Å². The van der Waals surface area contributed by atoms with E-state index < -0.39 is 0 Å². The van der Waals surface area contributed by atoms with Gasteiger partial charge in [0, 0.05) is 19.0 Å². The van der Waals surface area contributed by atoms with Crippen LogP contribution >= 0.6 is 0 Å². The number of nitrogens with one attached hydrogen (secondary N) is 1. The standard InChI is InChI=1S/C26H26N6O/c33-25(27-24(20-10-4-1-5-11-20)21-12-6-2-7-13-21)22-16-18-31(19-17-22)26-28-29-30-32(26)23-14-8-3-9-15-23/h1-15,22,24H,16-19H2,(H,27,33). The van der Waals surface area contributed by atoms with E-state index in [9.17, 15) is 4.79 Å². The quantitative estimate of drug-likeness (QED) is 0.496. The predicted molar refractivity (Wildman–Crippen MR) is 127 cm³/mol. The van der Waals surface area contributed by atoms with Gasteiger partial charge < -0.3 is 10.2 Å². The molecule has 1 aromatic heterocycles. The van der Waals surface area contributed by atoms with Gasteiger partial charge in [-0.3, -0.25) is 4.79 Å². The van der Waals surface area contributed by atoms with Crippen LogP contribution in [-0.4, -0.2) is 39.2 Å². The van der Waals surface area contributed by atoms with Crippen LogP contribution in [0.5, 0.6) is 0 Å². The van der Waals surface area contributed by atoms with E-state index in [1.54, 1.807) is 4.68 Å². The number of hydrogen-bond donors (Lipinski definition) is 1. The Balaban J connectivity index is 1.27. The van der Waals surface area contributed by atoms with Crippen molar-refractivity contribution in [1.82, 2.24) is 25.5 Å². The monoisotopic (exact) mass is 438 g/mol. The van der Waals surface area contributed by atoms with Gasteiger partial charge in [0.05, 0.1) is 11.7 Å². The molecule has 4 aromatic rings. The van der Waals surface area contributed by atoms with Crippen LogP contribution < -0.4 is 10.2 Å². The third kappa shape index (κ3) is 4.62. The van der Waals surface area contributed by atoms with Gasteiger partial charge in [-0.1, -0.05) is 84.0 Å². The fourth-order valence-electron chi connectivity index (χ4n) is 4.37. The zero-order valence-electron chi connectivity index (χ0n) is 18.3. The molecule has 1 amide bonds. The fraction of sp³-hybridized carbons (Fsp3) is 0.231. The van der Waals surface area contributed by atoms with Gasteiger partial charge in [-0.05, 0) is 46.5 Å². The van der Waals surface area contributed by atoms with Crippen LogP contribution in [-0.2, 0) is 4.79 Å². The molecule has 0 bridgehead atoms. The van der Waals surface area contributed by atoms with E-state index in [-0.39, 0.29) is 17.9 Å². The molecule has 166 valence electrons. The lowest BCUT2D eigenvalue weighted by Crippen LogP contribution is -2.42. The minimum absolute atomic E-state index is 0.0442. The molecule has 1 aliphatic rings. The average Bonchev–Trinajstić information content (AvgIpc) is 3.39. The molecule has 33 heavy (non-hydrogen) atoms. The third-order valence-electron chi connectivity index (χ3n) is 6.15. The van der Waals surface area contributed by atoms with Crippen LogP contribution in [0.25, 0.3) is 5.69 Å². The minimum Gasteiger partial charge on any atom is -0.345 e. The number of amides is 1. The SMILES string of the molecule is O=C(NC(c1ccccc1)c1ccccc1)C1CCN(c2nnnn2-c2ccccc2)CC1. The molecule has 5 rings (SSSR count). The van der Waals surface area contributed by atoms with Crippen LogP contribution in [0.4, 0.5) is 5.95 Å². The molecule has 7 heteroatoms. The summed E-state index contributed by atoms with van der Waals surface area (Å²) in [7, 11) is 0. The Hall–Kier alpha value is -4.00. The van der Waals surface area contributed by atoms with E-state index in [1.807, 2.05) is 66.7 Å². The maximum absolute atomic E-state index is 13.3. The highest BCUT2D eigenvalue weighted by molar-refractivity contribution is 5.80. The maximum atomic E-state index is 13.3. The summed E-state index contributed by atoms with van der Waals surface area (Å²) in [5.41, 5.74) is 3.08. The zero-order chi connectivity index (χ0) is 22.5. The summed E-state index contributed by atoms with van der Waals surface area (Å²) in [5, 5.41) is 15.6. The Kier molecular flexibility index (Phi) is 6.10. The first-order valence-electron chi connectivity index (χ1n) is 11.3. The van der Waals surface area contributed by atoms with Crippen molar-refractivity contribution in [1.29, 1.82) is 0 Å². The maximum Gasteiger partial charge on any atom is 0.250 e. The number of rotatable bonds is 6. The van der Waals surface area contributed by atoms with Gasteiger partial charge in [-0.2, -0.15) is 4.68 Å². The fourth-order valence-corrected chi connectivity index (χ4v) is 4.37. The summed E-state index contributed by atoms with van der Waals surface area (Å²) < 4.78 is 1.75. The van der Waals surface area contributed by atoms with Crippen molar-refractivity contribution in [2.75, 3.05) is 18.0 Å². The lowest BCUT2D eigenvalue weighted by atomic mass is 9.93. The highest BCUT2D eigenvalue weighted by atomic mass is 16.2. The van der Waals surface area contributed by atoms with Crippen molar-refractivity contribution < 1.29 is 4.79 Å². The van der Waals surface area contributed by atoms with Gasteiger partial charge >= 0.3 is 0 Å². The van der Waals surface area contributed by atoms with Gasteiger partial charge in [0.1, 0.15) is 0 Å². The van der Waals surface area contributed by atoms with E-state index in [0.717, 1.165) is 42.7 Å². The highest BCUT2D eigenvalue weighted by Gasteiger charge is 2.29. The largest absolute Gasteiger partial charge is 0.345 e. The van der Waals surface area contributed by atoms with Crippen LogP contribution in [0.15, 0.2) is 91.0 Å². The second-order valence-corrected chi connectivity index (χ2v) is 8.25. The lowest BCUT2D eigenvalue weighted by molar-refractivity contribution is -0.126. The average molecular weight is 439 g/mol. The summed E-state index contributed by atoms with van der Waals surface area (Å²) >= 11 is 0. The van der Waals surface area contributed by atoms with E-state index in [1.165, 1.54) is 0 Å². The first kappa shape index (κ1) is 20.9. The first-order chi connectivity index (χ1) is 16.3. The molecule has 3 aromatic carbocycles. The molecule has 0 spiro atoms. The van der Waals surface area contributed by atoms with Gasteiger partial charge in [-0.15, -0.1) is 0 Å². The van der Waals surface area contributed by atoms with Crippen molar-refractivity contribution in [3.63, 3.8) is 0 Å². The van der Waals surface area contributed by atoms with Crippen molar-refractivity contribution in [2.24, 2.45) is 5.92 Å². The number of tetrazole rings is 1. The zero-order valence-corrected chi connectivity index (χ0v) is 18.3. The summed E-state index contributed by atoms with van der Waals surface area (Å²) in [6.45, 7) is 1.46. The molecule has 0 aliphatic carbocycles. The summed E-state index contributed by atoms with van der Waals surface area (Å²) in [5.74, 6) is 0.763. The number of para-hydroxylation sites is 1. The molecule has 0 saturated carbocycles. The summed E-state index contributed by atoms with van der Waals surface area (Å²) in [6.07, 6.45) is 1.51. The van der Waals surface area contributed by atoms with Crippen LogP contribution in [0.3, 0.4) is 0 Å². The molecule has 1 N–H and O–H groups in total. The third-order valence-corrected chi connectivity index (χ3v) is 6.15. The van der Waals surface area contributed by atoms with Crippen molar-refractivity contribution in [2.45, 2.75) is 18.9 Å². The Labute approximate surface area is 193 Å². The number of carbonyl (C=O) groups excluding carboxylic acids is 1. The number of benzene rings is 3. The smallest absolute Gasteiger partial charge is 0.250 e. The molecule has 7 nitrogen and oxygen atoms in total. The van der Waals surface area contributed by atoms with Gasteiger partial charge in [0.2, 0.25) is 11.9 Å². The molecular weight excluding hydrogens is 412 g/mol. The molecule has 1 fully saturated rings. The number of anilines is 1. The van der Waals surface area contributed by atoms with Crippen LogP contribution in [0, 0.1) is 5.92 Å². The molecular formula is C26H26N6O. The van der Waals surface area contributed by atoms with E-state index in [2.05, 4.69) is 50.0 Å². The highest BCUT2D eigenvalue weighted by Crippen LogP contribution is 2.26.